The molecule has 153 valence electrons. The summed E-state index contributed by atoms with van der Waals surface area (Å²) in [5, 5.41) is 10.8. The molecule has 0 bridgehead atoms. The third-order valence-corrected chi connectivity index (χ3v) is 4.77. The maximum atomic E-state index is 12.6. The lowest BCUT2D eigenvalue weighted by molar-refractivity contribution is -0.274. The van der Waals surface area contributed by atoms with Crippen LogP contribution in [0.5, 0.6) is 5.75 Å². The third-order valence-electron chi connectivity index (χ3n) is 4.77. The minimum absolute atomic E-state index is 0.203. The van der Waals surface area contributed by atoms with Crippen LogP contribution in [0.15, 0.2) is 54.6 Å². The molecule has 0 saturated heterocycles. The van der Waals surface area contributed by atoms with Crippen molar-refractivity contribution in [3.05, 3.63) is 77.4 Å². The van der Waals surface area contributed by atoms with E-state index in [2.05, 4.69) is 10.8 Å². The molecule has 0 saturated carbocycles. The molecular formula is C22H16F3N2O3. The van der Waals surface area contributed by atoms with Gasteiger partial charge in [-0.3, -0.25) is 4.79 Å². The van der Waals surface area contributed by atoms with Crippen LogP contribution < -0.4 is 10.5 Å². The lowest BCUT2D eigenvalue weighted by atomic mass is 10.0. The number of hydrogen-bond acceptors (Lipinski definition) is 3. The number of aliphatic hydroxyl groups is 1. The monoisotopic (exact) mass is 413 g/mol. The van der Waals surface area contributed by atoms with Gasteiger partial charge in [-0.25, -0.2) is 0 Å². The van der Waals surface area contributed by atoms with Gasteiger partial charge in [-0.05, 0) is 53.6 Å². The molecule has 0 aliphatic carbocycles. The number of primary amides is 1. The second-order valence-corrected chi connectivity index (χ2v) is 6.77. The van der Waals surface area contributed by atoms with E-state index < -0.39 is 12.3 Å². The van der Waals surface area contributed by atoms with E-state index in [0.717, 1.165) is 0 Å². The molecule has 1 amide bonds. The average molecular weight is 413 g/mol. The molecule has 30 heavy (non-hydrogen) atoms. The number of ether oxygens (including phenoxy) is 1. The number of nitrogens with two attached hydrogens (primary N) is 1. The number of benzene rings is 3. The maximum Gasteiger partial charge on any atom is 0.573 e. The van der Waals surface area contributed by atoms with Crippen LogP contribution in [0.4, 0.5) is 13.2 Å². The molecule has 0 aliphatic rings. The van der Waals surface area contributed by atoms with Crippen molar-refractivity contribution in [3.63, 3.8) is 0 Å². The number of aliphatic hydroxyl groups excluding tert-OH is 1. The minimum Gasteiger partial charge on any atom is -0.406 e. The number of alkyl halides is 3. The first-order chi connectivity index (χ1) is 14.3. The van der Waals surface area contributed by atoms with Crippen molar-refractivity contribution in [1.82, 2.24) is 4.57 Å². The van der Waals surface area contributed by atoms with E-state index in [1.165, 1.54) is 18.2 Å². The average Bonchev–Trinajstić information content (AvgIpc) is 3.00. The van der Waals surface area contributed by atoms with Gasteiger partial charge in [0.05, 0.1) is 17.6 Å². The molecule has 3 aromatic carbocycles. The fraction of sp³-hybridized carbons (Fsp3) is 0.136. The van der Waals surface area contributed by atoms with Crippen LogP contribution in [-0.4, -0.2) is 21.9 Å². The van der Waals surface area contributed by atoms with Gasteiger partial charge in [-0.15, -0.1) is 13.2 Å². The summed E-state index contributed by atoms with van der Waals surface area (Å²) in [6.07, 6.45) is -4.78. The molecule has 4 rings (SSSR count). The Balaban J connectivity index is 1.90. The molecule has 0 unspecified atom stereocenters. The smallest absolute Gasteiger partial charge is 0.406 e. The number of carbonyl (C=O) groups excluding carboxylic acids is 1. The van der Waals surface area contributed by atoms with E-state index >= 15 is 0 Å². The number of carbonyl (C=O) groups is 1. The van der Waals surface area contributed by atoms with Crippen molar-refractivity contribution in [2.24, 2.45) is 5.73 Å². The molecule has 4 aromatic rings. The first-order valence-corrected chi connectivity index (χ1v) is 8.97. The first-order valence-electron chi connectivity index (χ1n) is 8.97. The summed E-state index contributed by atoms with van der Waals surface area (Å²) in [6.45, 7) is 0.00550. The van der Waals surface area contributed by atoms with E-state index in [4.69, 9.17) is 5.73 Å². The Hall–Kier alpha value is -3.52. The number of halogens is 3. The number of rotatable bonds is 5. The third kappa shape index (κ3) is 3.69. The van der Waals surface area contributed by atoms with Crippen LogP contribution in [-0.2, 0) is 13.2 Å². The Morgan fingerprint density at radius 2 is 1.87 bits per heavy atom. The van der Waals surface area contributed by atoms with Gasteiger partial charge in [0.2, 0.25) is 5.91 Å². The summed E-state index contributed by atoms with van der Waals surface area (Å²) in [6, 6.07) is 17.3. The first kappa shape index (κ1) is 19.8. The number of hydrogen-bond donors (Lipinski definition) is 2. The van der Waals surface area contributed by atoms with Crippen molar-refractivity contribution in [1.29, 1.82) is 0 Å². The molecule has 1 radical (unpaired) electrons. The number of fused-ring (bicyclic) bond motifs is 3. The van der Waals surface area contributed by atoms with Crippen LogP contribution in [0.3, 0.4) is 0 Å². The number of aromatic nitrogens is 1. The zero-order valence-electron chi connectivity index (χ0n) is 15.5. The highest BCUT2D eigenvalue weighted by molar-refractivity contribution is 6.17. The van der Waals surface area contributed by atoms with Gasteiger partial charge >= 0.3 is 6.36 Å². The molecule has 0 aliphatic heterocycles. The molecule has 0 spiro atoms. The topological polar surface area (TPSA) is 77.5 Å². The van der Waals surface area contributed by atoms with Crippen LogP contribution >= 0.6 is 0 Å². The highest BCUT2D eigenvalue weighted by atomic mass is 19.4. The fourth-order valence-corrected chi connectivity index (χ4v) is 3.59. The standard InChI is InChI=1S/C22H16F3N2O3/c23-22(24,25)30-15-4-1-3-13(9-15)11-27-18-6-2-5-17(21(26)29)20(18)16-8-7-14(12-28)10-19(16)27/h1-7,9-10,28H,11-12H2,(H2,26,29). The van der Waals surface area contributed by atoms with Gasteiger partial charge in [0.15, 0.2) is 0 Å². The van der Waals surface area contributed by atoms with Crippen LogP contribution in [0.1, 0.15) is 21.5 Å². The molecule has 5 nitrogen and oxygen atoms in total. The SMILES string of the molecule is NC(=O)c1cccc2c1c1[c]cc(CO)cc1n2Cc1cccc(OC(F)(F)F)c1. The van der Waals surface area contributed by atoms with Gasteiger partial charge in [0, 0.05) is 22.9 Å². The van der Waals surface area contributed by atoms with E-state index in [-0.39, 0.29) is 18.9 Å². The Bertz CT molecular complexity index is 1260. The highest BCUT2D eigenvalue weighted by Crippen LogP contribution is 2.33. The second-order valence-electron chi connectivity index (χ2n) is 6.77. The molecule has 0 atom stereocenters. The Morgan fingerprint density at radius 3 is 2.57 bits per heavy atom. The number of nitrogens with zero attached hydrogens (tertiary/aromatic N) is 1. The molecule has 0 fully saturated rings. The lowest BCUT2D eigenvalue weighted by Gasteiger charge is -2.12. The van der Waals surface area contributed by atoms with Crippen molar-refractivity contribution in [2.45, 2.75) is 19.5 Å². The highest BCUT2D eigenvalue weighted by Gasteiger charge is 2.31. The van der Waals surface area contributed by atoms with Crippen molar-refractivity contribution >= 4 is 27.7 Å². The van der Waals surface area contributed by atoms with Crippen LogP contribution in [0.25, 0.3) is 21.8 Å². The van der Waals surface area contributed by atoms with Crippen molar-refractivity contribution in [3.8, 4) is 5.75 Å². The largest absolute Gasteiger partial charge is 0.573 e. The van der Waals surface area contributed by atoms with Crippen LogP contribution in [0.2, 0.25) is 0 Å². The Morgan fingerprint density at radius 1 is 1.10 bits per heavy atom. The summed E-state index contributed by atoms with van der Waals surface area (Å²) in [5.41, 5.74) is 8.39. The molecule has 3 N–H and O–H groups in total. The number of amides is 1. The zero-order chi connectivity index (χ0) is 21.5. The lowest BCUT2D eigenvalue weighted by Crippen LogP contribution is -2.17. The van der Waals surface area contributed by atoms with Gasteiger partial charge in [-0.2, -0.15) is 0 Å². The summed E-state index contributed by atoms with van der Waals surface area (Å²) in [5.74, 6) is -0.916. The summed E-state index contributed by atoms with van der Waals surface area (Å²) in [7, 11) is 0. The van der Waals surface area contributed by atoms with Gasteiger partial charge in [0.25, 0.3) is 0 Å². The Labute approximate surface area is 169 Å². The van der Waals surface area contributed by atoms with Gasteiger partial charge in [0.1, 0.15) is 5.75 Å². The van der Waals surface area contributed by atoms with Gasteiger partial charge < -0.3 is 20.1 Å². The molecule has 8 heteroatoms. The van der Waals surface area contributed by atoms with Crippen LogP contribution in [0, 0.1) is 6.07 Å². The molecule has 1 aromatic heterocycles. The second kappa shape index (κ2) is 7.38. The summed E-state index contributed by atoms with van der Waals surface area (Å²) < 4.78 is 43.6. The summed E-state index contributed by atoms with van der Waals surface area (Å²) in [4.78, 5) is 12.0. The fourth-order valence-electron chi connectivity index (χ4n) is 3.59. The Kier molecular flexibility index (Phi) is 4.87. The minimum atomic E-state index is -4.78. The molecular weight excluding hydrogens is 397 g/mol. The zero-order valence-corrected chi connectivity index (χ0v) is 15.5. The predicted molar refractivity (Wildman–Crippen MR) is 105 cm³/mol. The normalized spacial score (nSPS) is 11.9. The van der Waals surface area contributed by atoms with E-state index in [1.807, 2.05) is 4.57 Å². The van der Waals surface area contributed by atoms with E-state index in [9.17, 15) is 23.1 Å². The van der Waals surface area contributed by atoms with E-state index in [1.54, 1.807) is 36.4 Å². The quantitative estimate of drug-likeness (QED) is 0.516. The van der Waals surface area contributed by atoms with E-state index in [0.29, 0.717) is 38.5 Å². The maximum absolute atomic E-state index is 12.6. The van der Waals surface area contributed by atoms with Crippen molar-refractivity contribution < 1.29 is 27.8 Å². The van der Waals surface area contributed by atoms with Gasteiger partial charge in [-0.1, -0.05) is 18.2 Å². The summed E-state index contributed by atoms with van der Waals surface area (Å²) >= 11 is 0. The predicted octanol–water partition coefficient (Wildman–Crippen LogP) is 4.13. The molecule has 1 heterocycles. The van der Waals surface area contributed by atoms with Crippen molar-refractivity contribution in [2.75, 3.05) is 0 Å².